The largest absolute Gasteiger partial charge is 0.755 e. The third kappa shape index (κ3) is 6.72. The Kier molecular flexibility index (Phi) is 9.03. The summed E-state index contributed by atoms with van der Waals surface area (Å²) in [6.45, 7) is 5.49. The monoisotopic (exact) mass is 548 g/mol. The van der Waals surface area contributed by atoms with Gasteiger partial charge < -0.3 is 29.0 Å². The zero-order valence-corrected chi connectivity index (χ0v) is 22.3. The van der Waals surface area contributed by atoms with Crippen LogP contribution in [0.15, 0.2) is 54.6 Å². The summed E-state index contributed by atoms with van der Waals surface area (Å²) in [6.07, 6.45) is 0. The molecule has 0 aliphatic rings. The lowest BCUT2D eigenvalue weighted by molar-refractivity contribution is 0.0696. The Labute approximate surface area is 222 Å². The Morgan fingerprint density at radius 3 is 2.30 bits per heavy atom. The van der Waals surface area contributed by atoms with Crippen LogP contribution >= 0.6 is 11.6 Å². The van der Waals surface area contributed by atoms with Gasteiger partial charge in [0.25, 0.3) is 0 Å². The van der Waals surface area contributed by atoms with Gasteiger partial charge in [-0.25, -0.2) is 4.79 Å². The molecule has 1 atom stereocenters. The average molecular weight is 549 g/mol. The van der Waals surface area contributed by atoms with Crippen molar-refractivity contribution >= 4 is 40.2 Å². The Hall–Kier alpha value is -3.31. The first-order valence-corrected chi connectivity index (χ1v) is 12.5. The maximum absolute atomic E-state index is 12.6. The first-order chi connectivity index (χ1) is 17.5. The molecule has 0 aliphatic carbocycles. The number of rotatable bonds is 10. The Bertz CT molecular complexity index is 1290. The number of benzene rings is 3. The molecule has 11 heteroatoms. The van der Waals surface area contributed by atoms with Crippen molar-refractivity contribution in [3.05, 3.63) is 70.7 Å². The maximum Gasteiger partial charge on any atom is 0.335 e. The standard InChI is InChI=1S/C26H28ClNO8S/c1-26(2,3)17-5-7-18(8-6-17)28(37(32)33)21-13-16(25(30)31)14-23(35-12-11-29)24(21)36-22-15-19(34-4)9-10-20(22)27/h5-10,13-15,29H,11-12H2,1-4H3,(H,30,31)(H,32,33)/p-1. The molecule has 3 aromatic rings. The van der Waals surface area contributed by atoms with E-state index < -0.39 is 17.2 Å². The van der Waals surface area contributed by atoms with Crippen LogP contribution in [0, 0.1) is 0 Å². The molecular weight excluding hydrogens is 522 g/mol. The molecule has 3 aromatic carbocycles. The number of carboxylic acid groups (broad SMARTS) is 1. The molecule has 37 heavy (non-hydrogen) atoms. The Morgan fingerprint density at radius 1 is 1.08 bits per heavy atom. The number of hydrogen-bond acceptors (Lipinski definition) is 7. The van der Waals surface area contributed by atoms with Gasteiger partial charge in [0.2, 0.25) is 0 Å². The van der Waals surface area contributed by atoms with Crippen molar-refractivity contribution in [2.24, 2.45) is 0 Å². The van der Waals surface area contributed by atoms with Crippen LogP contribution in [0.5, 0.6) is 23.0 Å². The third-order valence-corrected chi connectivity index (χ3v) is 6.34. The Balaban J connectivity index is 2.27. The first-order valence-electron chi connectivity index (χ1n) is 11.1. The van der Waals surface area contributed by atoms with Crippen LogP contribution in [0.3, 0.4) is 0 Å². The number of aliphatic hydroxyl groups is 1. The number of hydrogen-bond donors (Lipinski definition) is 2. The number of aromatic carboxylic acids is 1. The Morgan fingerprint density at radius 2 is 1.76 bits per heavy atom. The van der Waals surface area contributed by atoms with Crippen LogP contribution in [0.25, 0.3) is 0 Å². The van der Waals surface area contributed by atoms with Crippen LogP contribution in [0.2, 0.25) is 5.02 Å². The first kappa shape index (κ1) is 28.3. The smallest absolute Gasteiger partial charge is 0.335 e. The molecule has 3 rings (SSSR count). The zero-order chi connectivity index (χ0) is 27.3. The summed E-state index contributed by atoms with van der Waals surface area (Å²) in [5.74, 6) is -1.02. The van der Waals surface area contributed by atoms with E-state index in [0.29, 0.717) is 5.75 Å². The van der Waals surface area contributed by atoms with E-state index in [1.54, 1.807) is 30.3 Å². The number of methoxy groups -OCH3 is 1. The molecule has 0 heterocycles. The molecule has 0 amide bonds. The zero-order valence-electron chi connectivity index (χ0n) is 20.7. The van der Waals surface area contributed by atoms with Crippen molar-refractivity contribution in [3.63, 3.8) is 0 Å². The molecule has 0 saturated heterocycles. The topological polar surface area (TPSA) is 129 Å². The van der Waals surface area contributed by atoms with E-state index in [2.05, 4.69) is 0 Å². The van der Waals surface area contributed by atoms with E-state index in [1.807, 2.05) is 20.8 Å². The van der Waals surface area contributed by atoms with E-state index in [4.69, 9.17) is 25.8 Å². The van der Waals surface area contributed by atoms with Crippen LogP contribution in [-0.4, -0.2) is 45.3 Å². The van der Waals surface area contributed by atoms with Crippen molar-refractivity contribution < 1.29 is 38.0 Å². The van der Waals surface area contributed by atoms with E-state index in [0.717, 1.165) is 15.9 Å². The van der Waals surface area contributed by atoms with Crippen LogP contribution in [0.1, 0.15) is 36.7 Å². The number of carbonyl (C=O) groups is 1. The molecule has 0 saturated carbocycles. The predicted octanol–water partition coefficient (Wildman–Crippen LogP) is 5.44. The van der Waals surface area contributed by atoms with Gasteiger partial charge in [0.05, 0.1) is 41.3 Å². The fraction of sp³-hybridized carbons (Fsp3) is 0.269. The molecule has 0 bridgehead atoms. The SMILES string of the molecule is COc1ccc(Cl)c(Oc2c(OCCO)cc(C(=O)O)cc2N(c2ccc(C(C)(C)C)cc2)S(=O)[O-])c1. The fourth-order valence-electron chi connectivity index (χ4n) is 3.43. The summed E-state index contributed by atoms with van der Waals surface area (Å²) in [5, 5.41) is 19.2. The molecule has 0 aromatic heterocycles. The normalized spacial score (nSPS) is 12.1. The highest BCUT2D eigenvalue weighted by molar-refractivity contribution is 7.81. The highest BCUT2D eigenvalue weighted by Gasteiger charge is 2.25. The van der Waals surface area contributed by atoms with Gasteiger partial charge in [0.15, 0.2) is 11.5 Å². The summed E-state index contributed by atoms with van der Waals surface area (Å²) in [4.78, 5) is 11.9. The third-order valence-electron chi connectivity index (χ3n) is 5.32. The number of aliphatic hydroxyl groups excluding tert-OH is 1. The number of nitrogens with zero attached hydrogens (tertiary/aromatic N) is 1. The summed E-state index contributed by atoms with van der Waals surface area (Å²) < 4.78 is 42.9. The summed E-state index contributed by atoms with van der Waals surface area (Å²) in [6, 6.07) is 13.8. The van der Waals surface area contributed by atoms with Crippen molar-refractivity contribution in [1.82, 2.24) is 0 Å². The minimum Gasteiger partial charge on any atom is -0.755 e. The van der Waals surface area contributed by atoms with Gasteiger partial charge in [0, 0.05) is 6.07 Å². The van der Waals surface area contributed by atoms with Gasteiger partial charge >= 0.3 is 5.97 Å². The molecule has 198 valence electrons. The van der Waals surface area contributed by atoms with E-state index in [9.17, 15) is 23.8 Å². The lowest BCUT2D eigenvalue weighted by Gasteiger charge is -2.30. The van der Waals surface area contributed by atoms with E-state index >= 15 is 0 Å². The number of halogens is 1. The average Bonchev–Trinajstić information content (AvgIpc) is 2.84. The lowest BCUT2D eigenvalue weighted by Crippen LogP contribution is -2.21. The van der Waals surface area contributed by atoms with Crippen LogP contribution in [-0.2, 0) is 16.7 Å². The highest BCUT2D eigenvalue weighted by atomic mass is 35.5. The number of ether oxygens (including phenoxy) is 3. The molecule has 0 aliphatic heterocycles. The van der Waals surface area contributed by atoms with Crippen molar-refractivity contribution in [3.8, 4) is 23.0 Å². The van der Waals surface area contributed by atoms with Gasteiger partial charge in [-0.15, -0.1) is 0 Å². The van der Waals surface area contributed by atoms with E-state index in [1.165, 1.54) is 25.3 Å². The van der Waals surface area contributed by atoms with Crippen molar-refractivity contribution in [2.45, 2.75) is 26.2 Å². The molecule has 0 radical (unpaired) electrons. The molecule has 9 nitrogen and oxygen atoms in total. The highest BCUT2D eigenvalue weighted by Crippen LogP contribution is 2.46. The minimum absolute atomic E-state index is 0.107. The number of anilines is 2. The van der Waals surface area contributed by atoms with Gasteiger partial charge in [-0.2, -0.15) is 0 Å². The van der Waals surface area contributed by atoms with Crippen molar-refractivity contribution in [2.75, 3.05) is 24.6 Å². The van der Waals surface area contributed by atoms with Gasteiger partial charge in [-0.3, -0.25) is 8.51 Å². The second-order valence-corrected chi connectivity index (χ2v) is 10.1. The maximum atomic E-state index is 12.6. The van der Waals surface area contributed by atoms with E-state index in [-0.39, 0.29) is 57.8 Å². The second kappa shape index (κ2) is 11.8. The lowest BCUT2D eigenvalue weighted by atomic mass is 9.87. The molecule has 0 fully saturated rings. The molecule has 0 spiro atoms. The second-order valence-electron chi connectivity index (χ2n) is 8.91. The van der Waals surface area contributed by atoms with Crippen LogP contribution in [0.4, 0.5) is 11.4 Å². The van der Waals surface area contributed by atoms with Gasteiger partial charge in [-0.05, 0) is 47.4 Å². The number of carboxylic acids is 1. The quantitative estimate of drug-likeness (QED) is 0.320. The molecular formula is C26H27ClNO8S-. The minimum atomic E-state index is -2.90. The van der Waals surface area contributed by atoms with Crippen molar-refractivity contribution in [1.29, 1.82) is 0 Å². The van der Waals surface area contributed by atoms with Gasteiger partial charge in [0.1, 0.15) is 23.8 Å². The van der Waals surface area contributed by atoms with Crippen LogP contribution < -0.4 is 18.5 Å². The van der Waals surface area contributed by atoms with Gasteiger partial charge in [-0.1, -0.05) is 44.5 Å². The fourth-order valence-corrected chi connectivity index (χ4v) is 4.17. The summed E-state index contributed by atoms with van der Waals surface area (Å²) >= 11 is 3.42. The summed E-state index contributed by atoms with van der Waals surface area (Å²) in [5.41, 5.74) is 0.640. The molecule has 1 unspecified atom stereocenters. The molecule has 2 N–H and O–H groups in total. The summed E-state index contributed by atoms with van der Waals surface area (Å²) in [7, 11) is 1.46. The predicted molar refractivity (Wildman–Crippen MR) is 140 cm³/mol.